The van der Waals surface area contributed by atoms with Gasteiger partial charge in [0.15, 0.2) is 11.6 Å². The zero-order valence-electron chi connectivity index (χ0n) is 22.4. The summed E-state index contributed by atoms with van der Waals surface area (Å²) in [6, 6.07) is 7.37. The van der Waals surface area contributed by atoms with Crippen LogP contribution in [0.1, 0.15) is 63.1 Å². The van der Waals surface area contributed by atoms with Crippen LogP contribution in [-0.2, 0) is 0 Å². The van der Waals surface area contributed by atoms with E-state index < -0.39 is 17.7 Å². The fourth-order valence-electron chi connectivity index (χ4n) is 5.77. The molecule has 3 aromatic heterocycles. The third-order valence-electron chi connectivity index (χ3n) is 7.91. The second-order valence-corrected chi connectivity index (χ2v) is 11.0. The Bertz CT molecular complexity index is 1490. The van der Waals surface area contributed by atoms with Crippen LogP contribution in [0.4, 0.5) is 20.5 Å². The molecule has 1 aromatic carbocycles. The monoisotopic (exact) mass is 533 g/mol. The van der Waals surface area contributed by atoms with E-state index in [1.54, 1.807) is 18.3 Å². The van der Waals surface area contributed by atoms with Crippen molar-refractivity contribution in [2.75, 3.05) is 18.4 Å². The summed E-state index contributed by atoms with van der Waals surface area (Å²) in [5.74, 6) is 0.301. The Hall–Kier alpha value is -3.50. The molecule has 1 aliphatic heterocycles. The lowest BCUT2D eigenvalue weighted by Gasteiger charge is -2.34. The van der Waals surface area contributed by atoms with Crippen molar-refractivity contribution in [2.24, 2.45) is 5.92 Å². The van der Waals surface area contributed by atoms with Crippen molar-refractivity contribution in [2.45, 2.75) is 64.6 Å². The lowest BCUT2D eigenvalue weighted by molar-refractivity contribution is 0.0564. The van der Waals surface area contributed by atoms with Crippen LogP contribution in [0.15, 0.2) is 36.7 Å². The molecule has 0 spiro atoms. The average molecular weight is 534 g/mol. The molecule has 0 amide bonds. The molecule has 204 valence electrons. The van der Waals surface area contributed by atoms with Gasteiger partial charge in [0.2, 0.25) is 5.95 Å². The summed E-state index contributed by atoms with van der Waals surface area (Å²) < 4.78 is 31.7. The van der Waals surface area contributed by atoms with Gasteiger partial charge >= 0.3 is 0 Å². The van der Waals surface area contributed by atoms with Crippen molar-refractivity contribution < 1.29 is 13.9 Å². The normalized spacial score (nSPS) is 17.7. The average Bonchev–Trinajstić information content (AvgIpc) is 3.72. The molecule has 0 unspecified atom stereocenters. The number of nitrogens with one attached hydrogen (secondary N) is 1. The van der Waals surface area contributed by atoms with E-state index in [0.717, 1.165) is 43.7 Å². The molecule has 1 saturated heterocycles. The Labute approximate surface area is 226 Å². The highest BCUT2D eigenvalue weighted by molar-refractivity contribution is 5.83. The van der Waals surface area contributed by atoms with E-state index in [-0.39, 0.29) is 29.1 Å². The summed E-state index contributed by atoms with van der Waals surface area (Å²) in [6.45, 7) is 7.88. The fourth-order valence-corrected chi connectivity index (χ4v) is 5.77. The number of nitrogens with zero attached hydrogens (tertiary/aromatic N) is 6. The summed E-state index contributed by atoms with van der Waals surface area (Å²) in [5, 5.41) is 13.9. The summed E-state index contributed by atoms with van der Waals surface area (Å²) in [5.41, 5.74) is 1.87. The molecular formula is C29H33F2N7O. The second kappa shape index (κ2) is 10.2. The van der Waals surface area contributed by atoms with Gasteiger partial charge in [0.05, 0.1) is 17.8 Å². The first-order chi connectivity index (χ1) is 18.8. The van der Waals surface area contributed by atoms with E-state index in [4.69, 9.17) is 0 Å². The Morgan fingerprint density at radius 1 is 0.974 bits per heavy atom. The van der Waals surface area contributed by atoms with E-state index in [1.807, 2.05) is 31.4 Å². The highest BCUT2D eigenvalue weighted by Crippen LogP contribution is 2.36. The van der Waals surface area contributed by atoms with E-state index in [2.05, 4.69) is 30.2 Å². The number of aliphatic hydroxyl groups is 1. The zero-order valence-corrected chi connectivity index (χ0v) is 22.4. The van der Waals surface area contributed by atoms with Gasteiger partial charge in [0, 0.05) is 23.8 Å². The van der Waals surface area contributed by atoms with Gasteiger partial charge in [0.1, 0.15) is 22.9 Å². The van der Waals surface area contributed by atoms with Gasteiger partial charge in [-0.3, -0.25) is 0 Å². The molecule has 39 heavy (non-hydrogen) atoms. The smallest absolute Gasteiger partial charge is 0.229 e. The number of piperidine rings is 1. The van der Waals surface area contributed by atoms with Crippen LogP contribution in [-0.4, -0.2) is 53.6 Å². The molecule has 1 aliphatic carbocycles. The molecular weight excluding hydrogens is 500 g/mol. The number of likely N-dealkylation sites (tertiary alicyclic amines) is 1. The maximum atomic E-state index is 15.0. The van der Waals surface area contributed by atoms with Crippen molar-refractivity contribution in [3.05, 3.63) is 59.7 Å². The molecule has 2 aliphatic rings. The van der Waals surface area contributed by atoms with Crippen molar-refractivity contribution >= 4 is 22.8 Å². The molecule has 1 saturated carbocycles. The molecule has 4 aromatic rings. The van der Waals surface area contributed by atoms with Gasteiger partial charge < -0.3 is 19.9 Å². The zero-order chi connectivity index (χ0) is 27.3. The van der Waals surface area contributed by atoms with Gasteiger partial charge in [-0.25, -0.2) is 28.7 Å². The Balaban J connectivity index is 1.20. The number of pyridine rings is 1. The second-order valence-electron chi connectivity index (χ2n) is 11.0. The summed E-state index contributed by atoms with van der Waals surface area (Å²) in [7, 11) is 0. The third-order valence-corrected chi connectivity index (χ3v) is 7.91. The van der Waals surface area contributed by atoms with Crippen LogP contribution in [0.5, 0.6) is 0 Å². The van der Waals surface area contributed by atoms with Crippen LogP contribution in [0, 0.1) is 24.5 Å². The molecule has 6 rings (SSSR count). The van der Waals surface area contributed by atoms with Crippen LogP contribution < -0.4 is 5.32 Å². The predicted octanol–water partition coefficient (Wildman–Crippen LogP) is 5.71. The Kier molecular flexibility index (Phi) is 6.76. The predicted molar refractivity (Wildman–Crippen MR) is 146 cm³/mol. The van der Waals surface area contributed by atoms with Crippen molar-refractivity contribution in [1.29, 1.82) is 0 Å². The lowest BCUT2D eigenvalue weighted by Crippen LogP contribution is -2.37. The van der Waals surface area contributed by atoms with Crippen LogP contribution in [0.2, 0.25) is 0 Å². The topological polar surface area (TPSA) is 92.0 Å². The largest absolute Gasteiger partial charge is 0.388 e. The molecule has 4 heterocycles. The van der Waals surface area contributed by atoms with Gasteiger partial charge in [-0.2, -0.15) is 0 Å². The molecule has 0 radical (unpaired) electrons. The fraction of sp³-hybridized carbons (Fsp3) is 0.448. The molecule has 1 atom stereocenters. The van der Waals surface area contributed by atoms with Gasteiger partial charge in [-0.15, -0.1) is 0 Å². The van der Waals surface area contributed by atoms with E-state index in [1.165, 1.54) is 18.9 Å². The number of aliphatic hydroxyl groups excluding tert-OH is 1. The molecule has 10 heteroatoms. The van der Waals surface area contributed by atoms with Crippen LogP contribution in [0.25, 0.3) is 22.3 Å². The maximum absolute atomic E-state index is 15.0. The first-order valence-electron chi connectivity index (χ1n) is 13.6. The maximum Gasteiger partial charge on any atom is 0.229 e. The number of aromatic nitrogens is 5. The minimum atomic E-state index is -0.661. The molecule has 2 N–H and O–H groups in total. The summed E-state index contributed by atoms with van der Waals surface area (Å²) >= 11 is 0. The number of imidazole rings is 1. The summed E-state index contributed by atoms with van der Waals surface area (Å²) in [6.07, 6.45) is 6.73. The van der Waals surface area contributed by atoms with Crippen molar-refractivity contribution in [3.8, 4) is 11.3 Å². The quantitative estimate of drug-likeness (QED) is 0.315. The Morgan fingerprint density at radius 2 is 1.74 bits per heavy atom. The first kappa shape index (κ1) is 25.8. The number of hydrogen-bond acceptors (Lipinski definition) is 7. The molecule has 8 nitrogen and oxygen atoms in total. The number of fused-ring (bicyclic) bond motifs is 1. The third kappa shape index (κ3) is 5.10. The minimum Gasteiger partial charge on any atom is -0.388 e. The van der Waals surface area contributed by atoms with E-state index in [9.17, 15) is 13.9 Å². The van der Waals surface area contributed by atoms with Gasteiger partial charge in [0.25, 0.3) is 0 Å². The Morgan fingerprint density at radius 3 is 2.41 bits per heavy atom. The standard InChI is InChI=1S/C29H33F2N7O/c1-16(2)38-17(3)34-27-22(30)12-20(13-24(27)38)26-23(31)15-33-29(36-26)35-25-7-4-19(14-32-25)28(39)18-8-10-37(11-9-18)21-5-6-21/h4,7,12-16,18,21,28,39H,5-6,8-11H2,1-3H3,(H,32,33,35,36)/t28-/m0/s1. The van der Waals surface area contributed by atoms with E-state index in [0.29, 0.717) is 22.7 Å². The van der Waals surface area contributed by atoms with Gasteiger partial charge in [-0.05, 0) is 89.2 Å². The van der Waals surface area contributed by atoms with Gasteiger partial charge in [-0.1, -0.05) is 6.07 Å². The van der Waals surface area contributed by atoms with Crippen molar-refractivity contribution in [1.82, 2.24) is 29.4 Å². The SMILES string of the molecule is Cc1nc2c(F)cc(-c3nc(Nc4ccc([C@@H](O)C5CCN(C6CC6)CC5)cn4)ncc3F)cc2n1C(C)C. The minimum absolute atomic E-state index is 0.0213. The number of halogens is 2. The number of anilines is 2. The van der Waals surface area contributed by atoms with Crippen LogP contribution in [0.3, 0.4) is 0 Å². The lowest BCUT2D eigenvalue weighted by atomic mass is 9.88. The van der Waals surface area contributed by atoms with Crippen LogP contribution >= 0.6 is 0 Å². The number of aryl methyl sites for hydroxylation is 1. The number of hydrogen-bond donors (Lipinski definition) is 2. The molecule has 2 fully saturated rings. The van der Waals surface area contributed by atoms with E-state index >= 15 is 0 Å². The number of rotatable bonds is 7. The highest BCUT2D eigenvalue weighted by Gasteiger charge is 2.34. The number of benzene rings is 1. The first-order valence-corrected chi connectivity index (χ1v) is 13.6. The highest BCUT2D eigenvalue weighted by atomic mass is 19.1. The summed E-state index contributed by atoms with van der Waals surface area (Å²) in [4.78, 5) is 19.7. The molecule has 0 bridgehead atoms. The van der Waals surface area contributed by atoms with Crippen molar-refractivity contribution in [3.63, 3.8) is 0 Å².